The van der Waals surface area contributed by atoms with Gasteiger partial charge in [-0.1, -0.05) is 24.3 Å². The molecule has 1 heterocycles. The van der Waals surface area contributed by atoms with Gasteiger partial charge in [0.2, 0.25) is 0 Å². The summed E-state index contributed by atoms with van der Waals surface area (Å²) in [6.45, 7) is 5.83. The van der Waals surface area contributed by atoms with E-state index in [4.69, 9.17) is 0 Å². The van der Waals surface area contributed by atoms with E-state index < -0.39 is 10.0 Å². The maximum absolute atomic E-state index is 13.0. The Balaban J connectivity index is 1.97. The lowest BCUT2D eigenvalue weighted by atomic mass is 10.1. The normalized spacial score (nSPS) is 16.4. The third-order valence-electron chi connectivity index (χ3n) is 4.20. The third-order valence-corrected chi connectivity index (χ3v) is 6.14. The maximum Gasteiger partial charge on any atom is 0.264 e. The molecule has 0 saturated carbocycles. The van der Waals surface area contributed by atoms with Crippen LogP contribution >= 0.6 is 0 Å². The van der Waals surface area contributed by atoms with Crippen LogP contribution in [0.1, 0.15) is 22.8 Å². The molecular formula is C19H20N2O3S. The number of hydrogen-bond donors (Lipinski definition) is 1. The van der Waals surface area contributed by atoms with Crippen molar-refractivity contribution >= 4 is 21.6 Å². The number of hydrogen-bond acceptors (Lipinski definition) is 3. The molecule has 2 aromatic rings. The summed E-state index contributed by atoms with van der Waals surface area (Å²) in [6, 6.07) is 13.3. The molecule has 5 nitrogen and oxygen atoms in total. The van der Waals surface area contributed by atoms with E-state index in [1.54, 1.807) is 54.6 Å². The van der Waals surface area contributed by atoms with Crippen LogP contribution in [0, 0.1) is 0 Å². The number of anilines is 1. The van der Waals surface area contributed by atoms with E-state index in [1.165, 1.54) is 4.31 Å². The van der Waals surface area contributed by atoms with E-state index in [0.717, 1.165) is 5.56 Å². The first-order valence-electron chi connectivity index (χ1n) is 8.06. The molecule has 0 saturated heterocycles. The molecule has 1 amide bonds. The van der Waals surface area contributed by atoms with Crippen LogP contribution in [0.2, 0.25) is 0 Å². The Labute approximate surface area is 148 Å². The fourth-order valence-corrected chi connectivity index (χ4v) is 4.80. The average Bonchev–Trinajstić information content (AvgIpc) is 2.95. The van der Waals surface area contributed by atoms with E-state index >= 15 is 0 Å². The monoisotopic (exact) mass is 356 g/mol. The van der Waals surface area contributed by atoms with Gasteiger partial charge >= 0.3 is 0 Å². The first kappa shape index (κ1) is 17.2. The predicted molar refractivity (Wildman–Crippen MR) is 98.2 cm³/mol. The van der Waals surface area contributed by atoms with Crippen LogP contribution in [0.25, 0.3) is 0 Å². The van der Waals surface area contributed by atoms with Crippen molar-refractivity contribution in [2.75, 3.05) is 10.8 Å². The molecule has 25 heavy (non-hydrogen) atoms. The first-order chi connectivity index (χ1) is 11.9. The number of benzene rings is 2. The summed E-state index contributed by atoms with van der Waals surface area (Å²) in [6.07, 6.45) is 2.19. The van der Waals surface area contributed by atoms with Crippen molar-refractivity contribution in [3.05, 3.63) is 72.3 Å². The number of carbonyl (C=O) groups excluding carboxylic acids is 1. The molecule has 0 unspecified atom stereocenters. The summed E-state index contributed by atoms with van der Waals surface area (Å²) in [5, 5.41) is 2.73. The molecule has 1 aliphatic rings. The van der Waals surface area contributed by atoms with Gasteiger partial charge in [0.15, 0.2) is 0 Å². The van der Waals surface area contributed by atoms with Gasteiger partial charge in [-0.05, 0) is 49.2 Å². The number of fused-ring (bicyclic) bond motifs is 1. The van der Waals surface area contributed by atoms with Crippen molar-refractivity contribution in [1.29, 1.82) is 0 Å². The van der Waals surface area contributed by atoms with Gasteiger partial charge in [0.05, 0.1) is 10.6 Å². The minimum absolute atomic E-state index is 0.195. The first-order valence-corrected chi connectivity index (χ1v) is 9.50. The van der Waals surface area contributed by atoms with Crippen LogP contribution < -0.4 is 9.62 Å². The molecule has 0 bridgehead atoms. The molecule has 1 atom stereocenters. The van der Waals surface area contributed by atoms with Gasteiger partial charge in [0, 0.05) is 18.2 Å². The van der Waals surface area contributed by atoms with Crippen molar-refractivity contribution in [2.24, 2.45) is 0 Å². The molecule has 3 rings (SSSR count). The Kier molecular flexibility index (Phi) is 4.63. The van der Waals surface area contributed by atoms with Crippen LogP contribution in [0.3, 0.4) is 0 Å². The molecule has 0 spiro atoms. The van der Waals surface area contributed by atoms with Gasteiger partial charge in [-0.2, -0.15) is 0 Å². The Morgan fingerprint density at radius 2 is 2.00 bits per heavy atom. The quantitative estimate of drug-likeness (QED) is 0.838. The van der Waals surface area contributed by atoms with Crippen molar-refractivity contribution < 1.29 is 13.2 Å². The van der Waals surface area contributed by atoms with E-state index in [1.807, 2.05) is 6.92 Å². The smallest absolute Gasteiger partial charge is 0.264 e. The summed E-state index contributed by atoms with van der Waals surface area (Å²) in [7, 11) is -3.63. The minimum atomic E-state index is -3.63. The van der Waals surface area contributed by atoms with Crippen LogP contribution in [0.4, 0.5) is 5.69 Å². The standard InChI is InChI=1S/C19H20N2O3S/c1-3-11-20-19(22)15-9-10-18-16(13-15)12-14(2)21(18)25(23,24)17-7-5-4-6-8-17/h3-10,13-14H,1,11-12H2,2H3,(H,20,22)/t14-/m0/s1. The number of amides is 1. The molecule has 1 aliphatic heterocycles. The van der Waals surface area contributed by atoms with E-state index in [9.17, 15) is 13.2 Å². The van der Waals surface area contributed by atoms with Crippen LogP contribution in [0.15, 0.2) is 66.1 Å². The van der Waals surface area contributed by atoms with Gasteiger partial charge in [-0.3, -0.25) is 9.10 Å². The zero-order valence-corrected chi connectivity index (χ0v) is 14.8. The van der Waals surface area contributed by atoms with Gasteiger partial charge in [-0.25, -0.2) is 8.42 Å². The fraction of sp³-hybridized carbons (Fsp3) is 0.211. The summed E-state index contributed by atoms with van der Waals surface area (Å²) in [4.78, 5) is 12.4. The van der Waals surface area contributed by atoms with Crippen LogP contribution in [-0.4, -0.2) is 26.9 Å². The van der Waals surface area contributed by atoms with Gasteiger partial charge < -0.3 is 5.32 Å². The molecule has 0 fully saturated rings. The van der Waals surface area contributed by atoms with Crippen molar-refractivity contribution in [1.82, 2.24) is 5.32 Å². The third kappa shape index (κ3) is 3.17. The molecule has 0 aromatic heterocycles. The van der Waals surface area contributed by atoms with Crippen molar-refractivity contribution in [2.45, 2.75) is 24.3 Å². The molecular weight excluding hydrogens is 336 g/mol. The largest absolute Gasteiger partial charge is 0.349 e. The van der Waals surface area contributed by atoms with E-state index in [2.05, 4.69) is 11.9 Å². The summed E-state index contributed by atoms with van der Waals surface area (Å²) >= 11 is 0. The fourth-order valence-electron chi connectivity index (χ4n) is 3.08. The zero-order chi connectivity index (χ0) is 18.0. The summed E-state index contributed by atoms with van der Waals surface area (Å²) in [5.41, 5.74) is 2.02. The van der Waals surface area contributed by atoms with Gasteiger partial charge in [0.1, 0.15) is 0 Å². The summed E-state index contributed by atoms with van der Waals surface area (Å²) < 4.78 is 27.5. The second kappa shape index (κ2) is 6.72. The van der Waals surface area contributed by atoms with E-state index in [0.29, 0.717) is 24.2 Å². The molecule has 6 heteroatoms. The highest BCUT2D eigenvalue weighted by molar-refractivity contribution is 7.92. The highest BCUT2D eigenvalue weighted by Crippen LogP contribution is 2.37. The number of sulfonamides is 1. The molecule has 2 aromatic carbocycles. The Morgan fingerprint density at radius 3 is 2.68 bits per heavy atom. The molecule has 130 valence electrons. The number of rotatable bonds is 5. The maximum atomic E-state index is 13.0. The molecule has 0 radical (unpaired) electrons. The average molecular weight is 356 g/mol. The molecule has 0 aliphatic carbocycles. The van der Waals surface area contributed by atoms with Crippen molar-refractivity contribution in [3.63, 3.8) is 0 Å². The Morgan fingerprint density at radius 1 is 1.28 bits per heavy atom. The second-order valence-corrected chi connectivity index (χ2v) is 7.82. The minimum Gasteiger partial charge on any atom is -0.349 e. The number of carbonyl (C=O) groups is 1. The topological polar surface area (TPSA) is 66.5 Å². The lowest BCUT2D eigenvalue weighted by molar-refractivity contribution is 0.0958. The van der Waals surface area contributed by atoms with Crippen LogP contribution in [0.5, 0.6) is 0 Å². The zero-order valence-electron chi connectivity index (χ0n) is 14.0. The van der Waals surface area contributed by atoms with E-state index in [-0.39, 0.29) is 16.8 Å². The number of nitrogens with zero attached hydrogens (tertiary/aromatic N) is 1. The lowest BCUT2D eigenvalue weighted by Gasteiger charge is -2.24. The van der Waals surface area contributed by atoms with Crippen molar-refractivity contribution in [3.8, 4) is 0 Å². The van der Waals surface area contributed by atoms with Gasteiger partial charge in [0.25, 0.3) is 15.9 Å². The lowest BCUT2D eigenvalue weighted by Crippen LogP contribution is -2.35. The van der Waals surface area contributed by atoms with Crippen LogP contribution in [-0.2, 0) is 16.4 Å². The Hall–Kier alpha value is -2.60. The second-order valence-electron chi connectivity index (χ2n) is 6.01. The molecule has 1 N–H and O–H groups in total. The predicted octanol–water partition coefficient (Wildman–Crippen LogP) is 2.74. The number of nitrogens with one attached hydrogen (secondary N) is 1. The Bertz CT molecular complexity index is 908. The highest BCUT2D eigenvalue weighted by Gasteiger charge is 2.36. The summed E-state index contributed by atoms with van der Waals surface area (Å²) in [5.74, 6) is -0.195. The SMILES string of the molecule is C=CCNC(=O)c1ccc2c(c1)C[C@H](C)N2S(=O)(=O)c1ccccc1. The van der Waals surface area contributed by atoms with Gasteiger partial charge in [-0.15, -0.1) is 6.58 Å². The highest BCUT2D eigenvalue weighted by atomic mass is 32.2.